The van der Waals surface area contributed by atoms with Crippen molar-refractivity contribution in [2.75, 3.05) is 6.54 Å². The van der Waals surface area contributed by atoms with Crippen molar-refractivity contribution < 1.29 is 32.3 Å². The molecule has 0 spiro atoms. The van der Waals surface area contributed by atoms with Crippen molar-refractivity contribution >= 4 is 11.8 Å². The Hall–Kier alpha value is -4.15. The number of pyridine rings is 1. The number of amides is 2. The first kappa shape index (κ1) is 22.6. The van der Waals surface area contributed by atoms with Crippen LogP contribution in [0, 0.1) is 23.3 Å². The zero-order valence-corrected chi connectivity index (χ0v) is 17.9. The smallest absolute Gasteiger partial charge is 0.274 e. The zero-order valence-electron chi connectivity index (χ0n) is 17.9. The Kier molecular flexibility index (Phi) is 5.34. The number of carbonyl (C=O) groups excluding carboxylic acids is 2. The van der Waals surface area contributed by atoms with Gasteiger partial charge in [0.15, 0.2) is 23.1 Å². The van der Waals surface area contributed by atoms with Gasteiger partial charge in [0.05, 0.1) is 6.04 Å². The SMILES string of the molecule is O=C(NCc1ccc(F)cc1F)c1cn2c(c(O)c1=O)C(=O)N1Cc3cc(F)c(F)cc3C[C@H]2C1. The van der Waals surface area contributed by atoms with Crippen molar-refractivity contribution in [2.45, 2.75) is 25.6 Å². The van der Waals surface area contributed by atoms with Gasteiger partial charge < -0.3 is 19.9 Å². The highest BCUT2D eigenvalue weighted by Crippen LogP contribution is 2.34. The second-order valence-corrected chi connectivity index (χ2v) is 8.47. The standard InChI is InChI=1S/C24H17F4N3O4/c25-14-2-1-11(17(26)6-14)7-29-23(34)16-10-31-15-3-12-4-18(27)19(28)5-13(12)8-30(9-15)24(35)20(31)22(33)21(16)32/h1-2,4-6,10,15,33H,3,7-9H2,(H,29,34)/t15-/m0/s1. The maximum atomic E-state index is 13.9. The Balaban J connectivity index is 1.51. The number of halogens is 4. The molecule has 3 heterocycles. The summed E-state index contributed by atoms with van der Waals surface area (Å²) in [4.78, 5) is 39.8. The van der Waals surface area contributed by atoms with Crippen molar-refractivity contribution in [3.8, 4) is 5.75 Å². The minimum Gasteiger partial charge on any atom is -0.503 e. The van der Waals surface area contributed by atoms with E-state index in [1.54, 1.807) is 0 Å². The van der Waals surface area contributed by atoms with Crippen LogP contribution in [0.1, 0.15) is 43.6 Å². The summed E-state index contributed by atoms with van der Waals surface area (Å²) in [5, 5.41) is 12.9. The molecule has 2 N–H and O–H groups in total. The van der Waals surface area contributed by atoms with Crippen LogP contribution >= 0.6 is 0 Å². The van der Waals surface area contributed by atoms with Crippen molar-refractivity contribution in [2.24, 2.45) is 0 Å². The number of hydrogen-bond donors (Lipinski definition) is 2. The van der Waals surface area contributed by atoms with E-state index in [4.69, 9.17) is 0 Å². The van der Waals surface area contributed by atoms with Crippen molar-refractivity contribution in [3.05, 3.63) is 98.0 Å². The van der Waals surface area contributed by atoms with Gasteiger partial charge in [0.2, 0.25) is 5.43 Å². The molecule has 2 amide bonds. The third-order valence-electron chi connectivity index (χ3n) is 6.28. The molecule has 7 nitrogen and oxygen atoms in total. The van der Waals surface area contributed by atoms with Crippen LogP contribution in [-0.2, 0) is 19.5 Å². The summed E-state index contributed by atoms with van der Waals surface area (Å²) in [6.45, 7) is -0.282. The van der Waals surface area contributed by atoms with E-state index >= 15 is 0 Å². The van der Waals surface area contributed by atoms with Gasteiger partial charge in [0, 0.05) is 37.5 Å². The van der Waals surface area contributed by atoms with E-state index in [9.17, 15) is 37.1 Å². The Morgan fingerprint density at radius 2 is 1.74 bits per heavy atom. The summed E-state index contributed by atoms with van der Waals surface area (Å²) in [6.07, 6.45) is 1.27. The van der Waals surface area contributed by atoms with Crippen molar-refractivity contribution in [1.82, 2.24) is 14.8 Å². The molecule has 0 radical (unpaired) electrons. The maximum absolute atomic E-state index is 13.9. The molecule has 180 valence electrons. The van der Waals surface area contributed by atoms with Gasteiger partial charge in [0.25, 0.3) is 11.8 Å². The van der Waals surface area contributed by atoms with Crippen LogP contribution in [0.15, 0.2) is 41.3 Å². The number of benzene rings is 2. The molecule has 0 saturated carbocycles. The molecular weight excluding hydrogens is 470 g/mol. The molecule has 2 aromatic carbocycles. The van der Waals surface area contributed by atoms with Gasteiger partial charge >= 0.3 is 0 Å². The van der Waals surface area contributed by atoms with Crippen LogP contribution < -0.4 is 10.7 Å². The molecule has 1 atom stereocenters. The Morgan fingerprint density at radius 3 is 2.46 bits per heavy atom. The fourth-order valence-electron chi connectivity index (χ4n) is 4.52. The quantitative estimate of drug-likeness (QED) is 0.556. The summed E-state index contributed by atoms with van der Waals surface area (Å²) < 4.78 is 55.9. The normalized spacial score (nSPS) is 16.4. The van der Waals surface area contributed by atoms with Gasteiger partial charge in [-0.2, -0.15) is 0 Å². The molecule has 0 aliphatic carbocycles. The number of aromatic hydroxyl groups is 1. The summed E-state index contributed by atoms with van der Waals surface area (Å²) in [7, 11) is 0. The molecule has 0 saturated heterocycles. The first-order valence-electron chi connectivity index (χ1n) is 10.6. The number of nitrogens with zero attached hydrogens (tertiary/aromatic N) is 2. The van der Waals surface area contributed by atoms with E-state index in [-0.39, 0.29) is 37.3 Å². The zero-order chi connectivity index (χ0) is 25.0. The van der Waals surface area contributed by atoms with Gasteiger partial charge in [-0.3, -0.25) is 14.4 Å². The number of fused-ring (bicyclic) bond motifs is 5. The number of carbonyl (C=O) groups is 2. The highest BCUT2D eigenvalue weighted by molar-refractivity contribution is 5.99. The first-order valence-corrected chi connectivity index (χ1v) is 10.6. The molecule has 1 aromatic heterocycles. The molecule has 5 rings (SSSR count). The highest BCUT2D eigenvalue weighted by Gasteiger charge is 2.38. The molecule has 2 aliphatic heterocycles. The van der Waals surface area contributed by atoms with Crippen LogP contribution in [0.25, 0.3) is 0 Å². The predicted molar refractivity (Wildman–Crippen MR) is 114 cm³/mol. The van der Waals surface area contributed by atoms with Crippen LogP contribution in [-0.4, -0.2) is 32.9 Å². The van der Waals surface area contributed by atoms with Gasteiger partial charge in [0.1, 0.15) is 17.2 Å². The largest absolute Gasteiger partial charge is 0.503 e. The van der Waals surface area contributed by atoms with Gasteiger partial charge in [-0.25, -0.2) is 17.6 Å². The number of hydrogen-bond acceptors (Lipinski definition) is 4. The van der Waals surface area contributed by atoms with E-state index in [1.165, 1.54) is 9.47 Å². The maximum Gasteiger partial charge on any atom is 0.274 e. The van der Waals surface area contributed by atoms with Crippen molar-refractivity contribution in [1.29, 1.82) is 0 Å². The number of rotatable bonds is 3. The summed E-state index contributed by atoms with van der Waals surface area (Å²) in [5.41, 5.74) is -1.10. The summed E-state index contributed by atoms with van der Waals surface area (Å²) in [6, 6.07) is 4.28. The fraction of sp³-hybridized carbons (Fsp3) is 0.208. The van der Waals surface area contributed by atoms with E-state index in [0.717, 1.165) is 30.5 Å². The third-order valence-corrected chi connectivity index (χ3v) is 6.28. The lowest BCUT2D eigenvalue weighted by Gasteiger charge is -2.34. The molecule has 3 aromatic rings. The second-order valence-electron chi connectivity index (χ2n) is 8.47. The second kappa shape index (κ2) is 8.26. The first-order chi connectivity index (χ1) is 16.6. The molecule has 2 aliphatic rings. The van der Waals surface area contributed by atoms with E-state index in [1.807, 2.05) is 0 Å². The molecule has 11 heteroatoms. The van der Waals surface area contributed by atoms with E-state index in [2.05, 4.69) is 5.32 Å². The lowest BCUT2D eigenvalue weighted by atomic mass is 10.0. The minimum atomic E-state index is -1.10. The minimum absolute atomic E-state index is 0.0255. The van der Waals surface area contributed by atoms with Crippen LogP contribution in [0.4, 0.5) is 17.6 Å². The average molecular weight is 487 g/mol. The molecular formula is C24H17F4N3O4. The lowest BCUT2D eigenvalue weighted by Crippen LogP contribution is -2.44. The molecule has 35 heavy (non-hydrogen) atoms. The number of nitrogens with one attached hydrogen (secondary N) is 1. The van der Waals surface area contributed by atoms with Crippen molar-refractivity contribution in [3.63, 3.8) is 0 Å². The van der Waals surface area contributed by atoms with Gasteiger partial charge in [-0.1, -0.05) is 6.07 Å². The lowest BCUT2D eigenvalue weighted by molar-refractivity contribution is 0.0653. The topological polar surface area (TPSA) is 91.6 Å². The monoisotopic (exact) mass is 487 g/mol. The molecule has 0 unspecified atom stereocenters. The van der Waals surface area contributed by atoms with E-state index < -0.39 is 57.9 Å². The van der Waals surface area contributed by atoms with Crippen LogP contribution in [0.2, 0.25) is 0 Å². The number of aromatic nitrogens is 1. The Labute approximate surface area is 195 Å². The molecule has 0 fully saturated rings. The van der Waals surface area contributed by atoms with Crippen LogP contribution in [0.3, 0.4) is 0 Å². The summed E-state index contributed by atoms with van der Waals surface area (Å²) >= 11 is 0. The van der Waals surface area contributed by atoms with Gasteiger partial charge in [-0.15, -0.1) is 0 Å². The highest BCUT2D eigenvalue weighted by atomic mass is 19.2. The average Bonchev–Trinajstić information content (AvgIpc) is 2.96. The predicted octanol–water partition coefficient (Wildman–Crippen LogP) is 2.79. The Bertz CT molecular complexity index is 1470. The molecule has 2 bridgehead atoms. The van der Waals surface area contributed by atoms with Crippen LogP contribution in [0.5, 0.6) is 5.75 Å². The fourth-order valence-corrected chi connectivity index (χ4v) is 4.52. The summed E-state index contributed by atoms with van der Waals surface area (Å²) in [5.74, 6) is -6.36. The Morgan fingerprint density at radius 1 is 1.03 bits per heavy atom. The third kappa shape index (κ3) is 3.82. The van der Waals surface area contributed by atoms with E-state index in [0.29, 0.717) is 17.2 Å². The van der Waals surface area contributed by atoms with Gasteiger partial charge in [-0.05, 0) is 35.7 Å².